The van der Waals surface area contributed by atoms with Crippen LogP contribution in [-0.4, -0.2) is 24.9 Å². The topological polar surface area (TPSA) is 65.3 Å². The molecule has 0 aromatic heterocycles. The first kappa shape index (κ1) is 9.38. The van der Waals surface area contributed by atoms with E-state index in [1.807, 2.05) is 0 Å². The number of ketones is 1. The Bertz CT molecular complexity index is 337. The average molecular weight is 177 g/mol. The van der Waals surface area contributed by atoms with E-state index in [0.717, 1.165) is 0 Å². The van der Waals surface area contributed by atoms with Gasteiger partial charge in [-0.05, 0) is 13.0 Å². The summed E-state index contributed by atoms with van der Waals surface area (Å²) in [7, 11) is 1.74. The predicted octanol–water partition coefficient (Wildman–Crippen LogP) is 0.667. The smallest absolute Gasteiger partial charge is 0.161 e. The third kappa shape index (κ3) is 2.11. The Morgan fingerprint density at radius 1 is 1.69 bits per heavy atom. The van der Waals surface area contributed by atoms with Crippen LogP contribution in [-0.2, 0) is 4.79 Å². The molecule has 0 amide bonds. The Kier molecular flexibility index (Phi) is 2.74. The predicted molar refractivity (Wildman–Crippen MR) is 52.1 cm³/mol. The molecule has 1 heterocycles. The number of amidine groups is 1. The highest BCUT2D eigenvalue weighted by Gasteiger charge is 2.10. The van der Waals surface area contributed by atoms with Crippen LogP contribution in [0.4, 0.5) is 0 Å². The largest absolute Gasteiger partial charge is 0.393 e. The molecule has 0 aromatic carbocycles. The minimum absolute atomic E-state index is 0.0433. The second-order valence-electron chi connectivity index (χ2n) is 2.65. The van der Waals surface area contributed by atoms with E-state index in [-0.39, 0.29) is 11.6 Å². The molecule has 0 aliphatic carbocycles. The number of carbonyl (C=O) groups is 1. The second-order valence-corrected chi connectivity index (χ2v) is 2.65. The molecule has 0 atom stereocenters. The number of nitrogens with zero attached hydrogens (tertiary/aromatic N) is 1. The molecule has 0 bridgehead atoms. The van der Waals surface area contributed by atoms with Gasteiger partial charge in [0.1, 0.15) is 0 Å². The van der Waals surface area contributed by atoms with E-state index >= 15 is 0 Å². The summed E-state index contributed by atoms with van der Waals surface area (Å²) in [5, 5.41) is 10.2. The minimum Gasteiger partial charge on any atom is -0.393 e. The van der Waals surface area contributed by atoms with Gasteiger partial charge in [-0.25, -0.2) is 4.99 Å². The highest BCUT2D eigenvalue weighted by molar-refractivity contribution is 6.20. The lowest BCUT2D eigenvalue weighted by Crippen LogP contribution is -2.11. The number of nitrogens with one attached hydrogen (secondary N) is 2. The lowest BCUT2D eigenvalue weighted by molar-refractivity contribution is -0.113. The summed E-state index contributed by atoms with van der Waals surface area (Å²) in [6.07, 6.45) is 4.70. The maximum atomic E-state index is 11.0. The molecule has 1 aliphatic rings. The Labute approximate surface area is 76.6 Å². The number of dihydropyridines is 1. The van der Waals surface area contributed by atoms with Crippen LogP contribution in [0, 0.1) is 5.41 Å². The van der Waals surface area contributed by atoms with Crippen molar-refractivity contribution in [2.45, 2.75) is 6.92 Å². The van der Waals surface area contributed by atoms with Crippen LogP contribution in [0.2, 0.25) is 0 Å². The van der Waals surface area contributed by atoms with E-state index in [1.54, 1.807) is 19.3 Å². The standard InChI is InChI=1S/C9H11N3O/c1-6(13)7-3-8(4-11-2)9(10)12-5-7/h3-5,10-11H,1-2H3/b8-4-,10-9?. The van der Waals surface area contributed by atoms with Crippen molar-refractivity contribution < 1.29 is 4.79 Å². The van der Waals surface area contributed by atoms with Crippen molar-refractivity contribution in [1.29, 1.82) is 5.41 Å². The third-order valence-electron chi connectivity index (χ3n) is 1.62. The second kappa shape index (κ2) is 3.80. The van der Waals surface area contributed by atoms with Crippen molar-refractivity contribution in [2.24, 2.45) is 4.99 Å². The van der Waals surface area contributed by atoms with Gasteiger partial charge in [0.2, 0.25) is 0 Å². The van der Waals surface area contributed by atoms with Gasteiger partial charge in [-0.1, -0.05) is 0 Å². The summed E-state index contributed by atoms with van der Waals surface area (Å²) in [5.74, 6) is 0.123. The Hall–Kier alpha value is -1.71. The van der Waals surface area contributed by atoms with Crippen molar-refractivity contribution in [3.63, 3.8) is 0 Å². The molecule has 0 aromatic rings. The zero-order valence-electron chi connectivity index (χ0n) is 7.59. The molecule has 68 valence electrons. The van der Waals surface area contributed by atoms with Crippen LogP contribution >= 0.6 is 0 Å². The highest BCUT2D eigenvalue weighted by atomic mass is 16.1. The molecular formula is C9H11N3O. The Morgan fingerprint density at radius 2 is 2.38 bits per heavy atom. The summed E-state index contributed by atoms with van der Waals surface area (Å²) in [6.45, 7) is 1.48. The quantitative estimate of drug-likeness (QED) is 0.651. The molecule has 0 fully saturated rings. The van der Waals surface area contributed by atoms with Crippen LogP contribution in [0.3, 0.4) is 0 Å². The Morgan fingerprint density at radius 3 is 2.92 bits per heavy atom. The van der Waals surface area contributed by atoms with Crippen molar-refractivity contribution in [3.05, 3.63) is 23.4 Å². The summed E-state index contributed by atoms with van der Waals surface area (Å²) in [6, 6.07) is 0. The molecule has 0 saturated heterocycles. The van der Waals surface area contributed by atoms with E-state index < -0.39 is 0 Å². The molecule has 0 radical (unpaired) electrons. The van der Waals surface area contributed by atoms with Crippen LogP contribution in [0.25, 0.3) is 0 Å². The first-order valence-corrected chi connectivity index (χ1v) is 3.88. The zero-order valence-corrected chi connectivity index (χ0v) is 7.59. The van der Waals surface area contributed by atoms with Crippen molar-refractivity contribution in [1.82, 2.24) is 5.32 Å². The monoisotopic (exact) mass is 177 g/mol. The van der Waals surface area contributed by atoms with Crippen molar-refractivity contribution in [3.8, 4) is 0 Å². The minimum atomic E-state index is -0.0433. The van der Waals surface area contributed by atoms with Gasteiger partial charge in [0.05, 0.1) is 0 Å². The number of carbonyl (C=O) groups excluding carboxylic acids is 1. The molecule has 0 spiro atoms. The summed E-state index contributed by atoms with van der Waals surface area (Å²) < 4.78 is 0. The molecule has 4 nitrogen and oxygen atoms in total. The van der Waals surface area contributed by atoms with E-state index in [2.05, 4.69) is 10.3 Å². The molecule has 1 aliphatic heterocycles. The molecule has 1 rings (SSSR count). The lowest BCUT2D eigenvalue weighted by atomic mass is 10.1. The fourth-order valence-electron chi connectivity index (χ4n) is 0.940. The number of Topliss-reactive ketones (excluding diaryl/α,β-unsaturated/α-hetero) is 1. The molecular weight excluding hydrogens is 166 g/mol. The summed E-state index contributed by atoms with van der Waals surface area (Å²) in [4.78, 5) is 14.8. The molecule has 0 saturated carbocycles. The van der Waals surface area contributed by atoms with Crippen LogP contribution in [0.5, 0.6) is 0 Å². The average Bonchev–Trinajstić information content (AvgIpc) is 2.08. The van der Waals surface area contributed by atoms with Crippen LogP contribution in [0.1, 0.15) is 6.92 Å². The SMILES string of the molecule is CN/C=C1/C=C(C(C)=O)C=NC1=N. The van der Waals surface area contributed by atoms with Crippen molar-refractivity contribution >= 4 is 17.8 Å². The maximum absolute atomic E-state index is 11.0. The molecule has 2 N–H and O–H groups in total. The van der Waals surface area contributed by atoms with Gasteiger partial charge in [0.25, 0.3) is 0 Å². The first-order valence-electron chi connectivity index (χ1n) is 3.88. The molecule has 13 heavy (non-hydrogen) atoms. The zero-order chi connectivity index (χ0) is 9.84. The maximum Gasteiger partial charge on any atom is 0.161 e. The third-order valence-corrected chi connectivity index (χ3v) is 1.62. The van der Waals surface area contributed by atoms with Gasteiger partial charge in [0.15, 0.2) is 11.6 Å². The van der Waals surface area contributed by atoms with E-state index in [4.69, 9.17) is 5.41 Å². The Balaban J connectivity index is 3.00. The van der Waals surface area contributed by atoms with E-state index in [0.29, 0.717) is 11.1 Å². The molecule has 0 unspecified atom stereocenters. The normalized spacial score (nSPS) is 18.8. The first-order chi connectivity index (χ1) is 6.15. The number of hydrogen-bond donors (Lipinski definition) is 2. The van der Waals surface area contributed by atoms with Gasteiger partial charge < -0.3 is 5.32 Å². The number of hydrogen-bond acceptors (Lipinski definition) is 3. The fourth-order valence-corrected chi connectivity index (χ4v) is 0.940. The van der Waals surface area contributed by atoms with E-state index in [1.165, 1.54) is 13.1 Å². The van der Waals surface area contributed by atoms with Gasteiger partial charge in [-0.3, -0.25) is 10.2 Å². The number of rotatable bonds is 2. The number of allylic oxidation sites excluding steroid dienone is 1. The highest BCUT2D eigenvalue weighted by Crippen LogP contribution is 2.09. The van der Waals surface area contributed by atoms with E-state index in [9.17, 15) is 4.79 Å². The van der Waals surface area contributed by atoms with Crippen molar-refractivity contribution in [2.75, 3.05) is 7.05 Å². The molecule has 4 heteroatoms. The van der Waals surface area contributed by atoms with Crippen LogP contribution < -0.4 is 5.32 Å². The van der Waals surface area contributed by atoms with Gasteiger partial charge >= 0.3 is 0 Å². The van der Waals surface area contributed by atoms with Gasteiger partial charge in [0, 0.05) is 30.6 Å². The number of aliphatic imine (C=N–C) groups is 1. The fraction of sp³-hybridized carbons (Fsp3) is 0.222. The van der Waals surface area contributed by atoms with Gasteiger partial charge in [-0.2, -0.15) is 0 Å². The summed E-state index contributed by atoms with van der Waals surface area (Å²) in [5.41, 5.74) is 1.15. The summed E-state index contributed by atoms with van der Waals surface area (Å²) >= 11 is 0. The van der Waals surface area contributed by atoms with Gasteiger partial charge in [-0.15, -0.1) is 0 Å². The van der Waals surface area contributed by atoms with Crippen LogP contribution in [0.15, 0.2) is 28.4 Å². The lowest BCUT2D eigenvalue weighted by Gasteiger charge is -2.06.